The number of hydrogen-bond donors (Lipinski definition) is 1. The van der Waals surface area contributed by atoms with E-state index in [1.54, 1.807) is 11.8 Å². The van der Waals surface area contributed by atoms with Crippen molar-refractivity contribution in [3.8, 4) is 0 Å². The smallest absolute Gasteiger partial charge is 0.230 e. The lowest BCUT2D eigenvalue weighted by molar-refractivity contribution is -0.119. The monoisotopic (exact) mass is 351 g/mol. The van der Waals surface area contributed by atoms with E-state index in [0.29, 0.717) is 30.8 Å². The summed E-state index contributed by atoms with van der Waals surface area (Å²) in [6, 6.07) is 6.70. The van der Waals surface area contributed by atoms with E-state index in [9.17, 15) is 9.18 Å². The topological polar surface area (TPSA) is 38.3 Å². The number of hydrogen-bond acceptors (Lipinski definition) is 3. The van der Waals surface area contributed by atoms with E-state index < -0.39 is 0 Å². The highest BCUT2D eigenvalue weighted by molar-refractivity contribution is 8.00. The third kappa shape index (κ3) is 4.51. The van der Waals surface area contributed by atoms with Gasteiger partial charge in [0.25, 0.3) is 0 Å². The summed E-state index contributed by atoms with van der Waals surface area (Å²) in [6.07, 6.45) is 6.80. The molecule has 3 nitrogen and oxygen atoms in total. The molecule has 2 aliphatic rings. The number of halogens is 1. The minimum absolute atomic E-state index is 0.111. The molecule has 0 atom stereocenters. The number of benzene rings is 1. The Morgan fingerprint density at radius 3 is 2.54 bits per heavy atom. The molecule has 1 N–H and O–H groups in total. The fourth-order valence-electron chi connectivity index (χ4n) is 3.70. The molecule has 1 saturated carbocycles. The first-order valence-corrected chi connectivity index (χ1v) is 9.95. The van der Waals surface area contributed by atoms with E-state index in [4.69, 9.17) is 4.74 Å². The molecular weight excluding hydrogens is 325 g/mol. The number of rotatable bonds is 6. The van der Waals surface area contributed by atoms with Crippen molar-refractivity contribution in [3.63, 3.8) is 0 Å². The van der Waals surface area contributed by atoms with E-state index in [1.807, 2.05) is 12.1 Å². The van der Waals surface area contributed by atoms with Crippen LogP contribution in [0.4, 0.5) is 4.39 Å². The number of carbonyl (C=O) groups is 1. The van der Waals surface area contributed by atoms with Crippen LogP contribution in [0.15, 0.2) is 24.3 Å². The van der Waals surface area contributed by atoms with Gasteiger partial charge < -0.3 is 10.1 Å². The van der Waals surface area contributed by atoms with Crippen LogP contribution in [0.3, 0.4) is 0 Å². The van der Waals surface area contributed by atoms with E-state index in [1.165, 1.54) is 37.8 Å². The zero-order valence-electron chi connectivity index (χ0n) is 14.1. The van der Waals surface area contributed by atoms with Gasteiger partial charge >= 0.3 is 0 Å². The van der Waals surface area contributed by atoms with Gasteiger partial charge in [-0.05, 0) is 43.4 Å². The zero-order valence-corrected chi connectivity index (χ0v) is 14.9. The van der Waals surface area contributed by atoms with Gasteiger partial charge in [0.05, 0.1) is 5.75 Å². The van der Waals surface area contributed by atoms with Crippen molar-refractivity contribution in [2.75, 3.05) is 25.5 Å². The molecule has 1 heterocycles. The van der Waals surface area contributed by atoms with Gasteiger partial charge in [-0.1, -0.05) is 25.0 Å². The summed E-state index contributed by atoms with van der Waals surface area (Å²) in [6.45, 7) is 1.97. The van der Waals surface area contributed by atoms with Crippen LogP contribution in [0.25, 0.3) is 0 Å². The molecule has 1 amide bonds. The first-order valence-electron chi connectivity index (χ1n) is 8.90. The standard InChI is InChI=1S/C19H26FNO2S/c20-16-7-5-15(6-8-16)19(9-11-23-12-10-19)14-21-18(22)13-24-17-3-1-2-4-17/h5-8,17H,1-4,9-14H2,(H,21,22). The van der Waals surface area contributed by atoms with Crippen LogP contribution in [0.5, 0.6) is 0 Å². The SMILES string of the molecule is O=C(CSC1CCCC1)NCC1(c2ccc(F)cc2)CCOCC1. The average Bonchev–Trinajstić information content (AvgIpc) is 3.13. The number of carbonyl (C=O) groups excluding carboxylic acids is 1. The van der Waals surface area contributed by atoms with Crippen molar-refractivity contribution in [3.05, 3.63) is 35.6 Å². The van der Waals surface area contributed by atoms with Gasteiger partial charge in [0.1, 0.15) is 5.82 Å². The number of nitrogens with one attached hydrogen (secondary N) is 1. The van der Waals surface area contributed by atoms with E-state index in [2.05, 4.69) is 5.32 Å². The second-order valence-corrected chi connectivity index (χ2v) is 8.18. The number of amides is 1. The molecule has 2 fully saturated rings. The summed E-state index contributed by atoms with van der Waals surface area (Å²) in [4.78, 5) is 12.2. The van der Waals surface area contributed by atoms with Crippen LogP contribution in [0.2, 0.25) is 0 Å². The molecule has 5 heteroatoms. The lowest BCUT2D eigenvalue weighted by Gasteiger charge is -2.38. The van der Waals surface area contributed by atoms with Crippen LogP contribution >= 0.6 is 11.8 Å². The van der Waals surface area contributed by atoms with Gasteiger partial charge in [0, 0.05) is 30.4 Å². The largest absolute Gasteiger partial charge is 0.381 e. The molecule has 1 aromatic rings. The molecule has 1 aliphatic heterocycles. The lowest BCUT2D eigenvalue weighted by atomic mass is 9.74. The number of ether oxygens (including phenoxy) is 1. The van der Waals surface area contributed by atoms with E-state index in [-0.39, 0.29) is 17.1 Å². The van der Waals surface area contributed by atoms with E-state index in [0.717, 1.165) is 18.4 Å². The van der Waals surface area contributed by atoms with Crippen LogP contribution in [0.1, 0.15) is 44.1 Å². The van der Waals surface area contributed by atoms with Gasteiger partial charge in [-0.15, -0.1) is 11.8 Å². The zero-order chi connectivity index (χ0) is 16.8. The minimum Gasteiger partial charge on any atom is -0.381 e. The lowest BCUT2D eigenvalue weighted by Crippen LogP contribution is -2.45. The normalized spacial score (nSPS) is 20.9. The summed E-state index contributed by atoms with van der Waals surface area (Å²) in [7, 11) is 0. The maximum Gasteiger partial charge on any atom is 0.230 e. The van der Waals surface area contributed by atoms with Crippen LogP contribution < -0.4 is 5.32 Å². The fraction of sp³-hybridized carbons (Fsp3) is 0.632. The molecule has 1 aromatic carbocycles. The Bertz CT molecular complexity index is 537. The second-order valence-electron chi connectivity index (χ2n) is 6.89. The first kappa shape index (κ1) is 17.7. The summed E-state index contributed by atoms with van der Waals surface area (Å²) < 4.78 is 18.7. The Morgan fingerprint density at radius 2 is 1.88 bits per heavy atom. The first-order chi connectivity index (χ1) is 11.7. The molecule has 0 spiro atoms. The highest BCUT2D eigenvalue weighted by Crippen LogP contribution is 2.34. The van der Waals surface area contributed by atoms with Crippen molar-refractivity contribution in [1.82, 2.24) is 5.32 Å². The van der Waals surface area contributed by atoms with Gasteiger partial charge in [-0.2, -0.15) is 0 Å². The highest BCUT2D eigenvalue weighted by atomic mass is 32.2. The summed E-state index contributed by atoms with van der Waals surface area (Å²) in [5.74, 6) is 0.429. The molecule has 1 aliphatic carbocycles. The third-order valence-electron chi connectivity index (χ3n) is 5.28. The Balaban J connectivity index is 1.57. The van der Waals surface area contributed by atoms with Gasteiger partial charge in [-0.25, -0.2) is 4.39 Å². The molecule has 0 aromatic heterocycles. The van der Waals surface area contributed by atoms with Crippen LogP contribution in [-0.4, -0.2) is 36.7 Å². The summed E-state index contributed by atoms with van der Waals surface area (Å²) in [5, 5.41) is 3.78. The van der Waals surface area contributed by atoms with Crippen LogP contribution in [-0.2, 0) is 14.9 Å². The minimum atomic E-state index is -0.224. The third-order valence-corrected chi connectivity index (χ3v) is 6.65. The predicted molar refractivity (Wildman–Crippen MR) is 95.9 cm³/mol. The molecule has 0 radical (unpaired) electrons. The molecule has 132 valence electrons. The Hall–Kier alpha value is -1.07. The Kier molecular flexibility index (Phi) is 6.17. The van der Waals surface area contributed by atoms with Crippen molar-refractivity contribution in [1.29, 1.82) is 0 Å². The molecule has 24 heavy (non-hydrogen) atoms. The van der Waals surface area contributed by atoms with Crippen molar-refractivity contribution < 1.29 is 13.9 Å². The van der Waals surface area contributed by atoms with Gasteiger partial charge in [-0.3, -0.25) is 4.79 Å². The van der Waals surface area contributed by atoms with Crippen molar-refractivity contribution >= 4 is 17.7 Å². The van der Waals surface area contributed by atoms with Gasteiger partial charge in [0.15, 0.2) is 0 Å². The number of thioether (sulfide) groups is 1. The maximum absolute atomic E-state index is 13.2. The van der Waals surface area contributed by atoms with Crippen LogP contribution in [0, 0.1) is 5.82 Å². The molecule has 1 saturated heterocycles. The Labute approximate surface area is 147 Å². The van der Waals surface area contributed by atoms with E-state index >= 15 is 0 Å². The highest BCUT2D eigenvalue weighted by Gasteiger charge is 2.34. The predicted octanol–water partition coefficient (Wildman–Crippen LogP) is 3.67. The molecule has 0 unspecified atom stereocenters. The van der Waals surface area contributed by atoms with Crippen molar-refractivity contribution in [2.24, 2.45) is 0 Å². The summed E-state index contributed by atoms with van der Waals surface area (Å²) >= 11 is 1.79. The second kappa shape index (κ2) is 8.34. The molecule has 0 bridgehead atoms. The molecular formula is C19H26FNO2S. The average molecular weight is 351 g/mol. The molecule has 3 rings (SSSR count). The fourth-order valence-corrected chi connectivity index (χ4v) is 4.86. The Morgan fingerprint density at radius 1 is 1.21 bits per heavy atom. The van der Waals surface area contributed by atoms with Crippen molar-refractivity contribution in [2.45, 2.75) is 49.2 Å². The maximum atomic E-state index is 13.2. The van der Waals surface area contributed by atoms with Gasteiger partial charge in [0.2, 0.25) is 5.91 Å². The quantitative estimate of drug-likeness (QED) is 0.850. The summed E-state index contributed by atoms with van der Waals surface area (Å²) in [5.41, 5.74) is 0.954.